The maximum atomic E-state index is 5.17. The number of benzene rings is 2. The lowest BCUT2D eigenvalue weighted by atomic mass is 9.97. The first-order chi connectivity index (χ1) is 8.85. The van der Waals surface area contributed by atoms with Gasteiger partial charge in [-0.25, -0.2) is 0 Å². The average Bonchev–Trinajstić information content (AvgIpc) is 2.46. The van der Waals surface area contributed by atoms with Crippen molar-refractivity contribution < 1.29 is 4.74 Å². The highest BCUT2D eigenvalue weighted by molar-refractivity contribution is 5.80. The van der Waals surface area contributed by atoms with Gasteiger partial charge in [0.25, 0.3) is 0 Å². The molecule has 0 aliphatic rings. The summed E-state index contributed by atoms with van der Waals surface area (Å²) >= 11 is 0. The molecule has 0 fully saturated rings. The maximum absolute atomic E-state index is 5.17. The van der Waals surface area contributed by atoms with E-state index in [9.17, 15) is 0 Å². The summed E-state index contributed by atoms with van der Waals surface area (Å²) in [5, 5.41) is 0. The smallest absolute Gasteiger partial charge is 0.118 e. The number of rotatable bonds is 4. The number of hydrogen-bond acceptors (Lipinski definition) is 1. The summed E-state index contributed by atoms with van der Waals surface area (Å²) in [5.74, 6) is 0.866. The third kappa shape index (κ3) is 2.69. The van der Waals surface area contributed by atoms with Crippen LogP contribution < -0.4 is 4.74 Å². The Kier molecular flexibility index (Phi) is 3.98. The molecule has 0 amide bonds. The van der Waals surface area contributed by atoms with Gasteiger partial charge in [-0.1, -0.05) is 61.2 Å². The lowest BCUT2D eigenvalue weighted by Gasteiger charge is -2.08. The predicted octanol–water partition coefficient (Wildman–Crippen LogP) is 4.31. The van der Waals surface area contributed by atoms with Gasteiger partial charge in [0.1, 0.15) is 5.75 Å². The van der Waals surface area contributed by atoms with Crippen molar-refractivity contribution in [3.63, 3.8) is 0 Å². The van der Waals surface area contributed by atoms with Gasteiger partial charge >= 0.3 is 0 Å². The summed E-state index contributed by atoms with van der Waals surface area (Å²) in [6.07, 6.45) is 3.84. The molecule has 0 spiro atoms. The molecule has 0 aliphatic heterocycles. The quantitative estimate of drug-likeness (QED) is 0.719. The molecule has 2 aromatic rings. The molecule has 0 N–H and O–H groups in total. The zero-order valence-corrected chi connectivity index (χ0v) is 10.5. The maximum Gasteiger partial charge on any atom is 0.118 e. The van der Waals surface area contributed by atoms with Crippen LogP contribution in [0.2, 0.25) is 0 Å². The van der Waals surface area contributed by atoms with E-state index < -0.39 is 0 Å². The lowest BCUT2D eigenvalue weighted by molar-refractivity contribution is 0.415. The Morgan fingerprint density at radius 1 is 0.944 bits per heavy atom. The SMILES string of the molecule is C=C/C=C(/c1ccccc1)c1ccc(OC)cc1. The second kappa shape index (κ2) is 5.87. The van der Waals surface area contributed by atoms with Crippen molar-refractivity contribution in [3.05, 3.63) is 84.5 Å². The van der Waals surface area contributed by atoms with Gasteiger partial charge in [0, 0.05) is 0 Å². The molecule has 90 valence electrons. The minimum Gasteiger partial charge on any atom is -0.497 e. The van der Waals surface area contributed by atoms with Gasteiger partial charge in [-0.05, 0) is 28.8 Å². The van der Waals surface area contributed by atoms with Crippen molar-refractivity contribution in [3.8, 4) is 5.75 Å². The van der Waals surface area contributed by atoms with Gasteiger partial charge in [-0.15, -0.1) is 0 Å². The molecular weight excluding hydrogens is 220 g/mol. The van der Waals surface area contributed by atoms with Crippen LogP contribution in [0.4, 0.5) is 0 Å². The van der Waals surface area contributed by atoms with Crippen molar-refractivity contribution in [2.45, 2.75) is 0 Å². The molecule has 0 saturated carbocycles. The van der Waals surface area contributed by atoms with Crippen LogP contribution in [0, 0.1) is 0 Å². The topological polar surface area (TPSA) is 9.23 Å². The van der Waals surface area contributed by atoms with Crippen LogP contribution in [-0.4, -0.2) is 7.11 Å². The second-order valence-corrected chi connectivity index (χ2v) is 3.91. The summed E-state index contributed by atoms with van der Waals surface area (Å²) in [4.78, 5) is 0. The molecule has 0 atom stereocenters. The molecule has 1 heteroatoms. The summed E-state index contributed by atoms with van der Waals surface area (Å²) < 4.78 is 5.17. The van der Waals surface area contributed by atoms with Crippen LogP contribution in [0.15, 0.2) is 73.3 Å². The number of hydrogen-bond donors (Lipinski definition) is 0. The highest BCUT2D eigenvalue weighted by Gasteiger charge is 2.03. The van der Waals surface area contributed by atoms with Crippen molar-refractivity contribution in [2.24, 2.45) is 0 Å². The van der Waals surface area contributed by atoms with Crippen LogP contribution >= 0.6 is 0 Å². The lowest BCUT2D eigenvalue weighted by Crippen LogP contribution is -1.88. The number of ether oxygens (including phenoxy) is 1. The van der Waals surface area contributed by atoms with Gasteiger partial charge in [0.15, 0.2) is 0 Å². The first-order valence-corrected chi connectivity index (χ1v) is 5.87. The molecule has 0 heterocycles. The minimum atomic E-state index is 0.866. The fourth-order valence-corrected chi connectivity index (χ4v) is 1.87. The van der Waals surface area contributed by atoms with Crippen molar-refractivity contribution in [1.82, 2.24) is 0 Å². The van der Waals surface area contributed by atoms with E-state index in [-0.39, 0.29) is 0 Å². The molecule has 0 saturated heterocycles. The van der Waals surface area contributed by atoms with Gasteiger partial charge in [0.2, 0.25) is 0 Å². The van der Waals surface area contributed by atoms with Crippen molar-refractivity contribution in [2.75, 3.05) is 7.11 Å². The molecule has 0 radical (unpaired) electrons. The highest BCUT2D eigenvalue weighted by Crippen LogP contribution is 2.25. The molecule has 2 rings (SSSR count). The molecule has 0 bridgehead atoms. The van der Waals surface area contributed by atoms with Gasteiger partial charge < -0.3 is 4.74 Å². The minimum absolute atomic E-state index is 0.866. The third-order valence-corrected chi connectivity index (χ3v) is 2.77. The Balaban J connectivity index is 2.42. The fourth-order valence-electron chi connectivity index (χ4n) is 1.87. The summed E-state index contributed by atoms with van der Waals surface area (Å²) in [6, 6.07) is 18.3. The molecule has 18 heavy (non-hydrogen) atoms. The van der Waals surface area contributed by atoms with Crippen LogP contribution in [0.1, 0.15) is 11.1 Å². The molecule has 1 nitrogen and oxygen atoms in total. The highest BCUT2D eigenvalue weighted by atomic mass is 16.5. The van der Waals surface area contributed by atoms with E-state index in [2.05, 4.69) is 30.8 Å². The Hall–Kier alpha value is -2.28. The Morgan fingerprint density at radius 2 is 1.56 bits per heavy atom. The van der Waals surface area contributed by atoms with Gasteiger partial charge in [0.05, 0.1) is 7.11 Å². The number of allylic oxidation sites excluding steroid dienone is 2. The average molecular weight is 236 g/mol. The predicted molar refractivity (Wildman–Crippen MR) is 76.7 cm³/mol. The number of methoxy groups -OCH3 is 1. The largest absolute Gasteiger partial charge is 0.497 e. The standard InChI is InChI=1S/C17H16O/c1-3-7-17(14-8-5-4-6-9-14)15-10-12-16(18-2)13-11-15/h3-13H,1H2,2H3/b17-7-. The summed E-state index contributed by atoms with van der Waals surface area (Å²) in [6.45, 7) is 3.78. The van der Waals surface area contributed by atoms with Crippen LogP contribution in [0.5, 0.6) is 5.75 Å². The monoisotopic (exact) mass is 236 g/mol. The Morgan fingerprint density at radius 3 is 2.11 bits per heavy atom. The summed E-state index contributed by atoms with van der Waals surface area (Å²) in [7, 11) is 1.67. The molecule has 2 aromatic carbocycles. The van der Waals surface area contributed by atoms with E-state index >= 15 is 0 Å². The van der Waals surface area contributed by atoms with E-state index in [1.54, 1.807) is 7.11 Å². The van der Waals surface area contributed by atoms with E-state index in [0.29, 0.717) is 0 Å². The van der Waals surface area contributed by atoms with Crippen LogP contribution in [-0.2, 0) is 0 Å². The molecule has 0 aromatic heterocycles. The van der Waals surface area contributed by atoms with Crippen molar-refractivity contribution >= 4 is 5.57 Å². The van der Waals surface area contributed by atoms with E-state index in [4.69, 9.17) is 4.74 Å². The summed E-state index contributed by atoms with van der Waals surface area (Å²) in [5.41, 5.74) is 3.50. The molecule has 0 unspecified atom stereocenters. The Labute approximate surface area is 108 Å². The second-order valence-electron chi connectivity index (χ2n) is 3.91. The van der Waals surface area contributed by atoms with E-state index in [1.807, 2.05) is 42.5 Å². The van der Waals surface area contributed by atoms with E-state index in [1.165, 1.54) is 5.56 Å². The molecular formula is C17H16O. The first kappa shape index (κ1) is 12.2. The van der Waals surface area contributed by atoms with Crippen LogP contribution in [0.25, 0.3) is 5.57 Å². The van der Waals surface area contributed by atoms with Gasteiger partial charge in [-0.3, -0.25) is 0 Å². The Bertz CT molecular complexity index is 536. The normalized spacial score (nSPS) is 11.1. The fraction of sp³-hybridized carbons (Fsp3) is 0.0588. The van der Waals surface area contributed by atoms with E-state index in [0.717, 1.165) is 16.9 Å². The zero-order chi connectivity index (χ0) is 12.8. The first-order valence-electron chi connectivity index (χ1n) is 5.87. The third-order valence-electron chi connectivity index (χ3n) is 2.77. The molecule has 0 aliphatic carbocycles. The van der Waals surface area contributed by atoms with Gasteiger partial charge in [-0.2, -0.15) is 0 Å². The zero-order valence-electron chi connectivity index (χ0n) is 10.5. The van der Waals surface area contributed by atoms with Crippen LogP contribution in [0.3, 0.4) is 0 Å². The van der Waals surface area contributed by atoms with Crippen molar-refractivity contribution in [1.29, 1.82) is 0 Å².